The van der Waals surface area contributed by atoms with Crippen molar-refractivity contribution in [2.24, 2.45) is 0 Å². The molecule has 1 N–H and O–H groups in total. The van der Waals surface area contributed by atoms with E-state index >= 15 is 0 Å². The molecule has 0 spiro atoms. The molecule has 100 valence electrons. The Kier molecular flexibility index (Phi) is 3.31. The highest BCUT2D eigenvalue weighted by Gasteiger charge is 2.40. The minimum Gasteiger partial charge on any atom is -0.476 e. The Bertz CT molecular complexity index is 622. The van der Waals surface area contributed by atoms with Gasteiger partial charge in [-0.25, -0.2) is 4.79 Å². The lowest BCUT2D eigenvalue weighted by Crippen LogP contribution is -2.12. The predicted octanol–water partition coefficient (Wildman–Crippen LogP) is 2.75. The average molecular weight is 336 g/mol. The summed E-state index contributed by atoms with van der Waals surface area (Å²) >= 11 is 3.17. The Morgan fingerprint density at radius 2 is 1.79 bits per heavy atom. The van der Waals surface area contributed by atoms with Crippen LogP contribution in [0.4, 0.5) is 13.2 Å². The average Bonchev–Trinajstić information content (AvgIpc) is 2.74. The Hall–Kier alpha value is -1.90. The SMILES string of the molecule is O=C(O)c1nn(-c2ccc(Br)cc2)nc1C(F)(F)F. The molecule has 0 amide bonds. The highest BCUT2D eigenvalue weighted by molar-refractivity contribution is 9.10. The van der Waals surface area contributed by atoms with Crippen molar-refractivity contribution in [1.82, 2.24) is 15.0 Å². The van der Waals surface area contributed by atoms with Crippen LogP contribution in [0.1, 0.15) is 16.2 Å². The lowest BCUT2D eigenvalue weighted by molar-refractivity contribution is -0.141. The first-order valence-electron chi connectivity index (χ1n) is 4.83. The maximum Gasteiger partial charge on any atom is 0.437 e. The van der Waals surface area contributed by atoms with E-state index in [0.717, 1.165) is 4.47 Å². The summed E-state index contributed by atoms with van der Waals surface area (Å²) in [7, 11) is 0. The third-order valence-corrected chi connectivity index (χ3v) is 2.67. The van der Waals surface area contributed by atoms with Crippen molar-refractivity contribution in [2.45, 2.75) is 6.18 Å². The smallest absolute Gasteiger partial charge is 0.437 e. The van der Waals surface area contributed by atoms with Crippen LogP contribution < -0.4 is 0 Å². The van der Waals surface area contributed by atoms with Gasteiger partial charge in [0.05, 0.1) is 5.69 Å². The van der Waals surface area contributed by atoms with Crippen molar-refractivity contribution in [3.05, 3.63) is 40.1 Å². The van der Waals surface area contributed by atoms with Gasteiger partial charge in [-0.15, -0.1) is 10.2 Å². The van der Waals surface area contributed by atoms with Gasteiger partial charge < -0.3 is 5.11 Å². The van der Waals surface area contributed by atoms with Crippen LogP contribution in [-0.2, 0) is 6.18 Å². The van der Waals surface area contributed by atoms with Crippen LogP contribution in [0.2, 0.25) is 0 Å². The molecule has 9 heteroatoms. The fraction of sp³-hybridized carbons (Fsp3) is 0.100. The summed E-state index contributed by atoms with van der Waals surface area (Å²) < 4.78 is 38.6. The molecule has 19 heavy (non-hydrogen) atoms. The molecule has 0 aliphatic heterocycles. The highest BCUT2D eigenvalue weighted by Crippen LogP contribution is 2.30. The molecule has 0 atom stereocenters. The Morgan fingerprint density at radius 1 is 1.21 bits per heavy atom. The zero-order valence-electron chi connectivity index (χ0n) is 9.02. The zero-order valence-corrected chi connectivity index (χ0v) is 10.6. The molecule has 0 aliphatic carbocycles. The molecular weight excluding hydrogens is 331 g/mol. The first-order valence-corrected chi connectivity index (χ1v) is 5.62. The van der Waals surface area contributed by atoms with Crippen molar-refractivity contribution in [3.63, 3.8) is 0 Å². The van der Waals surface area contributed by atoms with E-state index in [-0.39, 0.29) is 5.69 Å². The first-order chi connectivity index (χ1) is 8.79. The van der Waals surface area contributed by atoms with E-state index in [0.29, 0.717) is 4.80 Å². The lowest BCUT2D eigenvalue weighted by Gasteiger charge is -2.01. The van der Waals surface area contributed by atoms with Gasteiger partial charge in [0.15, 0.2) is 0 Å². The standard InChI is InChI=1S/C10H5BrF3N3O2/c11-5-1-3-6(4-2-5)17-15-7(9(18)19)8(16-17)10(12,13)14/h1-4H,(H,18,19). The molecule has 0 radical (unpaired) electrons. The topological polar surface area (TPSA) is 68.0 Å². The van der Waals surface area contributed by atoms with Crippen LogP contribution in [-0.4, -0.2) is 26.1 Å². The van der Waals surface area contributed by atoms with Crippen molar-refractivity contribution in [1.29, 1.82) is 0 Å². The van der Waals surface area contributed by atoms with Crippen LogP contribution in [0.3, 0.4) is 0 Å². The first kappa shape index (κ1) is 13.5. The number of carbonyl (C=O) groups is 1. The zero-order chi connectivity index (χ0) is 14.2. The number of carboxylic acids is 1. The summed E-state index contributed by atoms with van der Waals surface area (Å²) in [6.07, 6.45) is -4.87. The van der Waals surface area contributed by atoms with Crippen LogP contribution in [0.5, 0.6) is 0 Å². The van der Waals surface area contributed by atoms with Crippen molar-refractivity contribution >= 4 is 21.9 Å². The summed E-state index contributed by atoms with van der Waals surface area (Å²) in [5.74, 6) is -1.78. The lowest BCUT2D eigenvalue weighted by atomic mass is 10.3. The normalized spacial score (nSPS) is 11.6. The van der Waals surface area contributed by atoms with Crippen LogP contribution in [0.15, 0.2) is 28.7 Å². The van der Waals surface area contributed by atoms with Gasteiger partial charge in [-0.1, -0.05) is 15.9 Å². The molecule has 1 aromatic carbocycles. The fourth-order valence-corrected chi connectivity index (χ4v) is 1.60. The summed E-state index contributed by atoms with van der Waals surface area (Å²) in [4.78, 5) is 11.4. The Labute approximate surface area is 112 Å². The summed E-state index contributed by atoms with van der Waals surface area (Å²) in [5, 5.41) is 15.2. The molecule has 2 aromatic rings. The molecule has 0 saturated heterocycles. The van der Waals surface area contributed by atoms with Crippen molar-refractivity contribution in [2.75, 3.05) is 0 Å². The molecule has 1 aromatic heterocycles. The molecule has 0 fully saturated rings. The summed E-state index contributed by atoms with van der Waals surface area (Å²) in [6, 6.07) is 6.06. The van der Waals surface area contributed by atoms with E-state index in [2.05, 4.69) is 26.1 Å². The number of nitrogens with zero attached hydrogens (tertiary/aromatic N) is 3. The van der Waals surface area contributed by atoms with Gasteiger partial charge >= 0.3 is 12.1 Å². The van der Waals surface area contributed by atoms with E-state index in [9.17, 15) is 18.0 Å². The monoisotopic (exact) mass is 335 g/mol. The number of benzene rings is 1. The van der Waals surface area contributed by atoms with E-state index in [4.69, 9.17) is 5.11 Å². The summed E-state index contributed by atoms with van der Waals surface area (Å²) in [5.41, 5.74) is -2.43. The van der Waals surface area contributed by atoms with E-state index in [1.807, 2.05) is 0 Å². The van der Waals surface area contributed by atoms with E-state index in [1.165, 1.54) is 12.1 Å². The third-order valence-electron chi connectivity index (χ3n) is 2.14. The van der Waals surface area contributed by atoms with Gasteiger partial charge in [0.1, 0.15) is 0 Å². The van der Waals surface area contributed by atoms with Crippen molar-refractivity contribution in [3.8, 4) is 5.69 Å². The van der Waals surface area contributed by atoms with Crippen LogP contribution >= 0.6 is 15.9 Å². The van der Waals surface area contributed by atoms with E-state index < -0.39 is 23.5 Å². The molecule has 0 unspecified atom stereocenters. The molecule has 2 rings (SSSR count). The molecular formula is C10H5BrF3N3O2. The molecule has 0 saturated carbocycles. The van der Waals surface area contributed by atoms with Gasteiger partial charge in [-0.3, -0.25) is 0 Å². The number of halogens is 4. The number of alkyl halides is 3. The molecule has 0 bridgehead atoms. The quantitative estimate of drug-likeness (QED) is 0.916. The molecule has 0 aliphatic rings. The Balaban J connectivity index is 2.55. The van der Waals surface area contributed by atoms with Gasteiger partial charge in [0.2, 0.25) is 11.4 Å². The number of aromatic carboxylic acids is 1. The molecule has 5 nitrogen and oxygen atoms in total. The van der Waals surface area contributed by atoms with Gasteiger partial charge in [0.25, 0.3) is 0 Å². The maximum absolute atomic E-state index is 12.6. The number of carboxylic acid groups (broad SMARTS) is 1. The second-order valence-corrected chi connectivity index (χ2v) is 4.38. The predicted molar refractivity (Wildman–Crippen MR) is 61.0 cm³/mol. The largest absolute Gasteiger partial charge is 0.476 e. The number of aromatic nitrogens is 3. The van der Waals surface area contributed by atoms with Gasteiger partial charge in [0, 0.05) is 4.47 Å². The minimum atomic E-state index is -4.87. The van der Waals surface area contributed by atoms with Crippen molar-refractivity contribution < 1.29 is 23.1 Å². The molecule has 1 heterocycles. The van der Waals surface area contributed by atoms with Gasteiger partial charge in [-0.05, 0) is 24.3 Å². The number of hydrogen-bond acceptors (Lipinski definition) is 3. The second-order valence-electron chi connectivity index (χ2n) is 3.47. The van der Waals surface area contributed by atoms with Crippen LogP contribution in [0, 0.1) is 0 Å². The minimum absolute atomic E-state index is 0.223. The highest BCUT2D eigenvalue weighted by atomic mass is 79.9. The number of hydrogen-bond donors (Lipinski definition) is 1. The second kappa shape index (κ2) is 4.65. The Morgan fingerprint density at radius 3 is 2.21 bits per heavy atom. The number of rotatable bonds is 2. The summed E-state index contributed by atoms with van der Waals surface area (Å²) in [6.45, 7) is 0. The third kappa shape index (κ3) is 2.75. The van der Waals surface area contributed by atoms with Gasteiger partial charge in [-0.2, -0.15) is 18.0 Å². The maximum atomic E-state index is 12.6. The van der Waals surface area contributed by atoms with E-state index in [1.54, 1.807) is 12.1 Å². The fourth-order valence-electron chi connectivity index (χ4n) is 1.33. The van der Waals surface area contributed by atoms with Crippen LogP contribution in [0.25, 0.3) is 5.69 Å².